The molecule has 1 atom stereocenters. The fraction of sp³-hybridized carbons (Fsp3) is 0.429. The first-order valence-electron chi connectivity index (χ1n) is 6.32. The Morgan fingerprint density at radius 2 is 2.05 bits per heavy atom. The van der Waals surface area contributed by atoms with Crippen LogP contribution in [0.15, 0.2) is 18.2 Å². The molecule has 0 bridgehead atoms. The third-order valence-corrected chi connectivity index (χ3v) is 3.01. The van der Waals surface area contributed by atoms with Crippen LogP contribution >= 0.6 is 0 Å². The fourth-order valence-electron chi connectivity index (χ4n) is 1.62. The van der Waals surface area contributed by atoms with Gasteiger partial charge in [0, 0.05) is 18.2 Å². The first kappa shape index (κ1) is 17.0. The third-order valence-electron chi connectivity index (χ3n) is 3.01. The highest BCUT2D eigenvalue weighted by molar-refractivity contribution is 5.91. The van der Waals surface area contributed by atoms with Crippen LogP contribution < -0.4 is 11.1 Å². The molecular formula is C14H16F3N3O. The number of benzene rings is 1. The number of nitrogens with two attached hydrogens (primary N) is 1. The molecular weight excluding hydrogens is 283 g/mol. The second kappa shape index (κ2) is 6.59. The van der Waals surface area contributed by atoms with Crippen molar-refractivity contribution in [2.75, 3.05) is 5.32 Å². The van der Waals surface area contributed by atoms with Gasteiger partial charge in [-0.2, -0.15) is 18.4 Å². The molecule has 0 saturated heterocycles. The molecule has 21 heavy (non-hydrogen) atoms. The Hall–Kier alpha value is -2.07. The molecule has 7 heteroatoms. The monoisotopic (exact) mass is 299 g/mol. The van der Waals surface area contributed by atoms with Gasteiger partial charge in [-0.3, -0.25) is 4.79 Å². The zero-order valence-corrected chi connectivity index (χ0v) is 11.7. The number of halogens is 3. The summed E-state index contributed by atoms with van der Waals surface area (Å²) in [6, 6.07) is 4.14. The highest BCUT2D eigenvalue weighted by Gasteiger charge is 2.34. The minimum atomic E-state index is -4.65. The van der Waals surface area contributed by atoms with Crippen molar-refractivity contribution in [3.8, 4) is 6.07 Å². The van der Waals surface area contributed by atoms with E-state index in [0.29, 0.717) is 0 Å². The minimum absolute atomic E-state index is 0.0118. The van der Waals surface area contributed by atoms with Gasteiger partial charge in [0.2, 0.25) is 5.91 Å². The fourth-order valence-corrected chi connectivity index (χ4v) is 1.62. The third kappa shape index (κ3) is 4.76. The zero-order chi connectivity index (χ0) is 16.2. The van der Waals surface area contributed by atoms with Crippen molar-refractivity contribution < 1.29 is 18.0 Å². The molecule has 0 saturated carbocycles. The van der Waals surface area contributed by atoms with E-state index >= 15 is 0 Å². The molecule has 114 valence electrons. The number of amides is 1. The Balaban J connectivity index is 2.91. The molecule has 0 spiro atoms. The number of rotatable bonds is 4. The van der Waals surface area contributed by atoms with Crippen molar-refractivity contribution in [2.24, 2.45) is 11.7 Å². The summed E-state index contributed by atoms with van der Waals surface area (Å²) in [7, 11) is 0. The van der Waals surface area contributed by atoms with Gasteiger partial charge in [-0.25, -0.2) is 0 Å². The Labute approximate surface area is 120 Å². The summed E-state index contributed by atoms with van der Waals surface area (Å²) < 4.78 is 38.4. The number of nitrogens with one attached hydrogen (secondary N) is 1. The van der Waals surface area contributed by atoms with E-state index in [4.69, 9.17) is 11.0 Å². The molecule has 0 radical (unpaired) electrons. The van der Waals surface area contributed by atoms with Gasteiger partial charge in [0.05, 0.1) is 17.2 Å². The lowest BCUT2D eigenvalue weighted by molar-refractivity contribution is -0.137. The summed E-state index contributed by atoms with van der Waals surface area (Å²) in [5, 5.41) is 11.0. The smallest absolute Gasteiger partial charge is 0.327 e. The highest BCUT2D eigenvalue weighted by atomic mass is 19.4. The Morgan fingerprint density at radius 3 is 2.52 bits per heavy atom. The molecule has 0 fully saturated rings. The number of carbonyl (C=O) groups excluding carboxylic acids is 1. The lowest BCUT2D eigenvalue weighted by Gasteiger charge is -2.16. The summed E-state index contributed by atoms with van der Waals surface area (Å²) >= 11 is 0. The molecule has 0 aromatic heterocycles. The molecule has 1 aromatic carbocycles. The van der Waals surface area contributed by atoms with Crippen molar-refractivity contribution in [1.82, 2.24) is 0 Å². The second-order valence-corrected chi connectivity index (χ2v) is 5.03. The molecule has 0 aliphatic carbocycles. The van der Waals surface area contributed by atoms with Gasteiger partial charge in [0.15, 0.2) is 0 Å². The zero-order valence-electron chi connectivity index (χ0n) is 11.7. The summed E-state index contributed by atoms with van der Waals surface area (Å²) in [5.41, 5.74) is 4.16. The quantitative estimate of drug-likeness (QED) is 0.897. The van der Waals surface area contributed by atoms with Gasteiger partial charge >= 0.3 is 6.18 Å². The summed E-state index contributed by atoms with van der Waals surface area (Å²) in [4.78, 5) is 11.7. The van der Waals surface area contributed by atoms with E-state index in [-0.39, 0.29) is 24.1 Å². The van der Waals surface area contributed by atoms with Crippen LogP contribution in [-0.4, -0.2) is 11.9 Å². The Morgan fingerprint density at radius 1 is 1.43 bits per heavy atom. The number of alkyl halides is 3. The van der Waals surface area contributed by atoms with E-state index in [1.54, 1.807) is 0 Å². The first-order valence-corrected chi connectivity index (χ1v) is 6.32. The van der Waals surface area contributed by atoms with Gasteiger partial charge < -0.3 is 11.1 Å². The topological polar surface area (TPSA) is 78.9 Å². The SMILES string of the molecule is CC(C)C(N)CC(=O)Nc1ccc(C#N)c(C(F)(F)F)c1. The van der Waals surface area contributed by atoms with Gasteiger partial charge in [0.1, 0.15) is 0 Å². The van der Waals surface area contributed by atoms with Crippen LogP contribution in [-0.2, 0) is 11.0 Å². The standard InChI is InChI=1S/C14H16F3N3O/c1-8(2)12(19)6-13(21)20-10-4-3-9(7-18)11(5-10)14(15,16)17/h3-5,8,12H,6,19H2,1-2H3,(H,20,21). The summed E-state index contributed by atoms with van der Waals surface area (Å²) in [5.74, 6) is -0.378. The maximum Gasteiger partial charge on any atom is 0.417 e. The number of nitrogens with zero attached hydrogens (tertiary/aromatic N) is 1. The van der Waals surface area contributed by atoms with Crippen molar-refractivity contribution in [2.45, 2.75) is 32.5 Å². The minimum Gasteiger partial charge on any atom is -0.327 e. The normalized spacial score (nSPS) is 12.9. The van der Waals surface area contributed by atoms with E-state index in [9.17, 15) is 18.0 Å². The largest absolute Gasteiger partial charge is 0.417 e. The molecule has 1 rings (SSSR count). The van der Waals surface area contributed by atoms with Gasteiger partial charge in [0.25, 0.3) is 0 Å². The van der Waals surface area contributed by atoms with Crippen LogP contribution in [0.2, 0.25) is 0 Å². The molecule has 0 aliphatic rings. The van der Waals surface area contributed by atoms with Gasteiger partial charge in [-0.05, 0) is 24.1 Å². The lowest BCUT2D eigenvalue weighted by atomic mass is 10.0. The predicted octanol–water partition coefficient (Wildman–Crippen LogP) is 2.89. The van der Waals surface area contributed by atoms with E-state index in [0.717, 1.165) is 12.1 Å². The Bertz CT molecular complexity index is 562. The van der Waals surface area contributed by atoms with E-state index in [1.165, 1.54) is 12.1 Å². The van der Waals surface area contributed by atoms with Gasteiger partial charge in [-0.15, -0.1) is 0 Å². The van der Waals surface area contributed by atoms with E-state index in [2.05, 4.69) is 5.32 Å². The molecule has 0 aliphatic heterocycles. The molecule has 0 heterocycles. The summed E-state index contributed by atoms with van der Waals surface area (Å²) in [6.07, 6.45) is -4.64. The average molecular weight is 299 g/mol. The van der Waals surface area contributed by atoms with E-state index in [1.807, 2.05) is 13.8 Å². The molecule has 3 N–H and O–H groups in total. The van der Waals surface area contributed by atoms with E-state index < -0.39 is 23.2 Å². The lowest BCUT2D eigenvalue weighted by Crippen LogP contribution is -2.31. The maximum absolute atomic E-state index is 12.8. The maximum atomic E-state index is 12.8. The first-order chi connectivity index (χ1) is 9.65. The number of anilines is 1. The number of nitriles is 1. The Kier molecular flexibility index (Phi) is 5.33. The van der Waals surface area contributed by atoms with Crippen molar-refractivity contribution in [1.29, 1.82) is 5.26 Å². The number of carbonyl (C=O) groups is 1. The highest BCUT2D eigenvalue weighted by Crippen LogP contribution is 2.33. The van der Waals surface area contributed by atoms with Crippen LogP contribution in [0.5, 0.6) is 0 Å². The molecule has 1 aromatic rings. The van der Waals surface area contributed by atoms with Crippen LogP contribution in [0, 0.1) is 17.2 Å². The number of hydrogen-bond donors (Lipinski definition) is 2. The van der Waals surface area contributed by atoms with Crippen molar-refractivity contribution in [3.05, 3.63) is 29.3 Å². The van der Waals surface area contributed by atoms with Crippen molar-refractivity contribution in [3.63, 3.8) is 0 Å². The van der Waals surface area contributed by atoms with Gasteiger partial charge in [-0.1, -0.05) is 13.8 Å². The van der Waals surface area contributed by atoms with Crippen molar-refractivity contribution >= 4 is 11.6 Å². The second-order valence-electron chi connectivity index (χ2n) is 5.03. The van der Waals surface area contributed by atoms with Crippen LogP contribution in [0.4, 0.5) is 18.9 Å². The van der Waals surface area contributed by atoms with Crippen LogP contribution in [0.1, 0.15) is 31.4 Å². The molecule has 1 amide bonds. The molecule has 1 unspecified atom stereocenters. The predicted molar refractivity (Wildman–Crippen MR) is 72.2 cm³/mol. The van der Waals surface area contributed by atoms with Crippen LogP contribution in [0.3, 0.4) is 0 Å². The summed E-state index contributed by atoms with van der Waals surface area (Å²) in [6.45, 7) is 3.70. The number of hydrogen-bond acceptors (Lipinski definition) is 3. The molecule has 4 nitrogen and oxygen atoms in total. The average Bonchev–Trinajstić information content (AvgIpc) is 2.37. The van der Waals surface area contributed by atoms with Crippen LogP contribution in [0.25, 0.3) is 0 Å².